The van der Waals surface area contributed by atoms with Crippen molar-refractivity contribution in [3.05, 3.63) is 41.9 Å². The van der Waals surface area contributed by atoms with Gasteiger partial charge in [0.2, 0.25) is 0 Å². The van der Waals surface area contributed by atoms with Crippen LogP contribution in [0.15, 0.2) is 30.7 Å². The topological polar surface area (TPSA) is 46.0 Å². The van der Waals surface area contributed by atoms with Gasteiger partial charge in [-0.1, -0.05) is 0 Å². The van der Waals surface area contributed by atoms with Crippen molar-refractivity contribution >= 4 is 5.82 Å². The fourth-order valence-electron chi connectivity index (χ4n) is 3.08. The number of hydrogen-bond donors (Lipinski definition) is 1. The highest BCUT2D eigenvalue weighted by atomic mass is 15.3. The van der Waals surface area contributed by atoms with Gasteiger partial charge in [-0.25, -0.2) is 4.98 Å². The highest BCUT2D eigenvalue weighted by molar-refractivity contribution is 5.38. The molecule has 0 aliphatic carbocycles. The second-order valence-corrected chi connectivity index (χ2v) is 5.56. The maximum absolute atomic E-state index is 4.37. The molecule has 0 amide bonds. The molecule has 1 aliphatic heterocycles. The van der Waals surface area contributed by atoms with Crippen molar-refractivity contribution in [3.8, 4) is 0 Å². The summed E-state index contributed by atoms with van der Waals surface area (Å²) in [5, 5.41) is 7.50. The molecule has 2 aromatic rings. The van der Waals surface area contributed by atoms with Crippen LogP contribution in [0.25, 0.3) is 0 Å². The molecular formula is C16H23N5. The minimum absolute atomic E-state index is 0.491. The van der Waals surface area contributed by atoms with Crippen LogP contribution in [0.2, 0.25) is 0 Å². The van der Waals surface area contributed by atoms with E-state index >= 15 is 0 Å². The molecule has 1 N–H and O–H groups in total. The van der Waals surface area contributed by atoms with Crippen LogP contribution in [-0.2, 0) is 13.1 Å². The van der Waals surface area contributed by atoms with Crippen LogP contribution >= 0.6 is 0 Å². The minimum Gasteiger partial charge on any atom is -0.373 e. The minimum atomic E-state index is 0.491. The van der Waals surface area contributed by atoms with E-state index in [1.807, 2.05) is 24.1 Å². The monoisotopic (exact) mass is 285 g/mol. The van der Waals surface area contributed by atoms with Crippen molar-refractivity contribution in [2.45, 2.75) is 38.9 Å². The number of rotatable bonds is 5. The van der Waals surface area contributed by atoms with E-state index < -0.39 is 0 Å². The summed E-state index contributed by atoms with van der Waals surface area (Å²) in [6, 6.07) is 4.79. The molecule has 0 spiro atoms. The van der Waals surface area contributed by atoms with Gasteiger partial charge in [-0.05, 0) is 44.0 Å². The molecule has 112 valence electrons. The Hall–Kier alpha value is -1.88. The van der Waals surface area contributed by atoms with E-state index in [1.165, 1.54) is 24.0 Å². The van der Waals surface area contributed by atoms with Gasteiger partial charge in [0.25, 0.3) is 0 Å². The van der Waals surface area contributed by atoms with Crippen LogP contribution in [-0.4, -0.2) is 33.3 Å². The van der Waals surface area contributed by atoms with Crippen molar-refractivity contribution in [2.75, 3.05) is 18.9 Å². The molecule has 1 atom stereocenters. The zero-order valence-electron chi connectivity index (χ0n) is 12.8. The summed E-state index contributed by atoms with van der Waals surface area (Å²) < 4.78 is 1.99. The Kier molecular flexibility index (Phi) is 4.20. The maximum Gasteiger partial charge on any atom is 0.125 e. The second-order valence-electron chi connectivity index (χ2n) is 5.56. The van der Waals surface area contributed by atoms with E-state index in [2.05, 4.69) is 45.6 Å². The van der Waals surface area contributed by atoms with Crippen LogP contribution in [0.5, 0.6) is 0 Å². The van der Waals surface area contributed by atoms with Crippen molar-refractivity contribution in [2.24, 2.45) is 0 Å². The molecule has 21 heavy (non-hydrogen) atoms. The van der Waals surface area contributed by atoms with Crippen LogP contribution in [0, 0.1) is 0 Å². The number of anilines is 1. The fourth-order valence-corrected chi connectivity index (χ4v) is 3.08. The molecule has 0 unspecified atom stereocenters. The van der Waals surface area contributed by atoms with Gasteiger partial charge >= 0.3 is 0 Å². The van der Waals surface area contributed by atoms with Crippen molar-refractivity contribution in [1.82, 2.24) is 19.7 Å². The SMILES string of the molecule is CCn1cc(CN2CCC[C@@H]2c2ccnc(NC)c2)cn1. The zero-order chi connectivity index (χ0) is 14.7. The smallest absolute Gasteiger partial charge is 0.125 e. The van der Waals surface area contributed by atoms with Gasteiger partial charge in [-0.15, -0.1) is 0 Å². The van der Waals surface area contributed by atoms with Crippen LogP contribution in [0.1, 0.15) is 36.9 Å². The summed E-state index contributed by atoms with van der Waals surface area (Å²) in [5.74, 6) is 0.943. The molecule has 3 heterocycles. The highest BCUT2D eigenvalue weighted by Gasteiger charge is 2.26. The van der Waals surface area contributed by atoms with Gasteiger partial charge in [0, 0.05) is 44.1 Å². The quantitative estimate of drug-likeness (QED) is 0.917. The molecule has 0 saturated carbocycles. The Labute approximate surface area is 126 Å². The lowest BCUT2D eigenvalue weighted by Gasteiger charge is -2.24. The lowest BCUT2D eigenvalue weighted by atomic mass is 10.1. The summed E-state index contributed by atoms with van der Waals surface area (Å²) in [7, 11) is 1.91. The number of hydrogen-bond acceptors (Lipinski definition) is 4. The molecule has 5 heteroatoms. The maximum atomic E-state index is 4.37. The molecular weight excluding hydrogens is 262 g/mol. The van der Waals surface area contributed by atoms with Crippen LogP contribution < -0.4 is 5.32 Å². The number of aryl methyl sites for hydroxylation is 1. The average Bonchev–Trinajstić information content (AvgIpc) is 3.17. The predicted octanol–water partition coefficient (Wildman–Crippen LogP) is 2.68. The first-order valence-corrected chi connectivity index (χ1v) is 7.69. The number of aromatic nitrogens is 3. The largest absolute Gasteiger partial charge is 0.373 e. The van der Waals surface area contributed by atoms with Gasteiger partial charge in [0.1, 0.15) is 5.82 Å². The third kappa shape index (κ3) is 3.08. The fraction of sp³-hybridized carbons (Fsp3) is 0.500. The van der Waals surface area contributed by atoms with Crippen LogP contribution in [0.3, 0.4) is 0 Å². The first-order valence-electron chi connectivity index (χ1n) is 7.69. The van der Waals surface area contributed by atoms with Crippen molar-refractivity contribution < 1.29 is 0 Å². The van der Waals surface area contributed by atoms with E-state index in [4.69, 9.17) is 0 Å². The highest BCUT2D eigenvalue weighted by Crippen LogP contribution is 2.33. The number of nitrogens with one attached hydrogen (secondary N) is 1. The Morgan fingerprint density at radius 3 is 3.10 bits per heavy atom. The van der Waals surface area contributed by atoms with E-state index in [1.54, 1.807) is 0 Å². The number of pyridine rings is 1. The molecule has 3 rings (SSSR count). The standard InChI is InChI=1S/C16H23N5/c1-3-21-12-13(10-19-21)11-20-8-4-5-15(20)14-6-7-18-16(9-14)17-2/h6-7,9-10,12,15H,3-5,8,11H2,1-2H3,(H,17,18)/t15-/m1/s1. The zero-order valence-corrected chi connectivity index (χ0v) is 12.8. The van der Waals surface area contributed by atoms with Gasteiger partial charge in [0.15, 0.2) is 0 Å². The number of likely N-dealkylation sites (tertiary alicyclic amines) is 1. The summed E-state index contributed by atoms with van der Waals surface area (Å²) in [5.41, 5.74) is 2.65. The van der Waals surface area contributed by atoms with E-state index in [-0.39, 0.29) is 0 Å². The lowest BCUT2D eigenvalue weighted by molar-refractivity contribution is 0.248. The van der Waals surface area contributed by atoms with Gasteiger partial charge in [-0.3, -0.25) is 9.58 Å². The Morgan fingerprint density at radius 2 is 2.33 bits per heavy atom. The Morgan fingerprint density at radius 1 is 1.43 bits per heavy atom. The van der Waals surface area contributed by atoms with E-state index in [0.717, 1.165) is 25.5 Å². The predicted molar refractivity (Wildman–Crippen MR) is 84.1 cm³/mol. The van der Waals surface area contributed by atoms with Crippen molar-refractivity contribution in [1.29, 1.82) is 0 Å². The molecule has 0 aromatic carbocycles. The van der Waals surface area contributed by atoms with Crippen LogP contribution in [0.4, 0.5) is 5.82 Å². The Balaban J connectivity index is 1.75. The third-order valence-corrected chi connectivity index (χ3v) is 4.18. The molecule has 0 radical (unpaired) electrons. The third-order valence-electron chi connectivity index (χ3n) is 4.18. The van der Waals surface area contributed by atoms with E-state index in [0.29, 0.717) is 6.04 Å². The lowest BCUT2D eigenvalue weighted by Crippen LogP contribution is -2.22. The van der Waals surface area contributed by atoms with E-state index in [9.17, 15) is 0 Å². The summed E-state index contributed by atoms with van der Waals surface area (Å²) in [4.78, 5) is 6.86. The summed E-state index contributed by atoms with van der Waals surface area (Å²) in [6.07, 6.45) is 8.51. The molecule has 1 aliphatic rings. The summed E-state index contributed by atoms with van der Waals surface area (Å²) in [6.45, 7) is 5.17. The van der Waals surface area contributed by atoms with Gasteiger partial charge < -0.3 is 5.32 Å². The van der Waals surface area contributed by atoms with Gasteiger partial charge in [-0.2, -0.15) is 5.10 Å². The summed E-state index contributed by atoms with van der Waals surface area (Å²) >= 11 is 0. The van der Waals surface area contributed by atoms with Gasteiger partial charge in [0.05, 0.1) is 6.20 Å². The molecule has 1 fully saturated rings. The Bertz CT molecular complexity index is 592. The molecule has 0 bridgehead atoms. The molecule has 5 nitrogen and oxygen atoms in total. The average molecular weight is 285 g/mol. The molecule has 1 saturated heterocycles. The first-order chi connectivity index (χ1) is 10.3. The number of nitrogens with zero attached hydrogens (tertiary/aromatic N) is 4. The second kappa shape index (κ2) is 6.26. The first kappa shape index (κ1) is 14.1. The van der Waals surface area contributed by atoms with Crippen molar-refractivity contribution in [3.63, 3.8) is 0 Å². The normalized spacial score (nSPS) is 19.0. The molecule has 2 aromatic heterocycles.